The number of nitrogens with one attached hydrogen (secondary N) is 1. The van der Waals surface area contributed by atoms with Gasteiger partial charge in [-0.05, 0) is 54.0 Å². The molecular formula is C22H24N2O3. The zero-order chi connectivity index (χ0) is 19.0. The van der Waals surface area contributed by atoms with Gasteiger partial charge in [0.05, 0.1) is 5.92 Å². The summed E-state index contributed by atoms with van der Waals surface area (Å²) in [5.41, 5.74) is 5.40. The molecule has 3 unspecified atom stereocenters. The molecule has 5 heteroatoms. The molecule has 1 saturated heterocycles. The molecular weight excluding hydrogens is 340 g/mol. The molecule has 0 aromatic heterocycles. The van der Waals surface area contributed by atoms with Crippen molar-refractivity contribution in [2.75, 3.05) is 0 Å². The average Bonchev–Trinajstić information content (AvgIpc) is 2.82. The fourth-order valence-corrected chi connectivity index (χ4v) is 4.54. The van der Waals surface area contributed by atoms with Gasteiger partial charge in [-0.2, -0.15) is 0 Å². The van der Waals surface area contributed by atoms with Gasteiger partial charge in [0.15, 0.2) is 0 Å². The van der Waals surface area contributed by atoms with E-state index in [2.05, 4.69) is 19.1 Å². The average molecular weight is 364 g/mol. The number of benzene rings is 2. The van der Waals surface area contributed by atoms with Crippen molar-refractivity contribution in [2.45, 2.75) is 44.7 Å². The van der Waals surface area contributed by atoms with E-state index in [1.54, 1.807) is 11.5 Å². The van der Waals surface area contributed by atoms with Gasteiger partial charge in [-0.3, -0.25) is 14.8 Å². The second-order valence-corrected chi connectivity index (χ2v) is 7.69. The summed E-state index contributed by atoms with van der Waals surface area (Å²) in [7, 11) is 0. The molecule has 2 aliphatic heterocycles. The molecule has 140 valence electrons. The van der Waals surface area contributed by atoms with Gasteiger partial charge in [0.2, 0.25) is 5.91 Å². The molecule has 5 nitrogen and oxygen atoms in total. The Labute approximate surface area is 159 Å². The minimum Gasteiger partial charge on any atom is -0.335 e. The lowest BCUT2D eigenvalue weighted by molar-refractivity contribution is -0.136. The van der Waals surface area contributed by atoms with E-state index in [4.69, 9.17) is 5.21 Å². The number of carbonyl (C=O) groups is 2. The van der Waals surface area contributed by atoms with Crippen LogP contribution in [0.1, 0.15) is 52.7 Å². The van der Waals surface area contributed by atoms with Crippen LogP contribution in [-0.4, -0.2) is 28.0 Å². The van der Waals surface area contributed by atoms with Crippen molar-refractivity contribution in [3.63, 3.8) is 0 Å². The van der Waals surface area contributed by atoms with Gasteiger partial charge in [0.1, 0.15) is 0 Å². The number of fused-ring (bicyclic) bond motifs is 2. The predicted molar refractivity (Wildman–Crippen MR) is 101 cm³/mol. The van der Waals surface area contributed by atoms with Gasteiger partial charge in [-0.1, -0.05) is 43.3 Å². The van der Waals surface area contributed by atoms with Crippen LogP contribution in [0.15, 0.2) is 48.5 Å². The first-order chi connectivity index (χ1) is 13.1. The molecule has 2 aromatic rings. The number of rotatable bonds is 2. The van der Waals surface area contributed by atoms with Crippen LogP contribution in [0.3, 0.4) is 0 Å². The molecule has 2 heterocycles. The van der Waals surface area contributed by atoms with Crippen molar-refractivity contribution in [3.8, 4) is 0 Å². The molecule has 2 aliphatic rings. The summed E-state index contributed by atoms with van der Waals surface area (Å²) in [6.45, 7) is 2.75. The molecule has 4 rings (SSSR count). The quantitative estimate of drug-likeness (QED) is 0.635. The van der Waals surface area contributed by atoms with Crippen molar-refractivity contribution in [3.05, 3.63) is 70.8 Å². The Morgan fingerprint density at radius 1 is 1.11 bits per heavy atom. The van der Waals surface area contributed by atoms with Crippen molar-refractivity contribution in [1.29, 1.82) is 0 Å². The van der Waals surface area contributed by atoms with Crippen molar-refractivity contribution < 1.29 is 14.8 Å². The molecule has 0 radical (unpaired) electrons. The fraction of sp³-hybridized carbons (Fsp3) is 0.364. The third-order valence-corrected chi connectivity index (χ3v) is 6.04. The van der Waals surface area contributed by atoms with Gasteiger partial charge in [-0.15, -0.1) is 0 Å². The van der Waals surface area contributed by atoms with Crippen LogP contribution in [0.4, 0.5) is 0 Å². The highest BCUT2D eigenvalue weighted by Crippen LogP contribution is 2.38. The molecule has 3 atom stereocenters. The van der Waals surface area contributed by atoms with Crippen LogP contribution in [0.2, 0.25) is 0 Å². The Hall–Kier alpha value is -2.66. The van der Waals surface area contributed by atoms with Crippen LogP contribution >= 0.6 is 0 Å². The van der Waals surface area contributed by atoms with E-state index in [1.807, 2.05) is 35.2 Å². The van der Waals surface area contributed by atoms with Crippen LogP contribution in [0.25, 0.3) is 0 Å². The fourth-order valence-electron chi connectivity index (χ4n) is 4.54. The summed E-state index contributed by atoms with van der Waals surface area (Å²) in [5.74, 6) is -0.101. The van der Waals surface area contributed by atoms with Gasteiger partial charge in [0, 0.05) is 18.2 Å². The van der Waals surface area contributed by atoms with Crippen molar-refractivity contribution in [1.82, 2.24) is 10.4 Å². The highest BCUT2D eigenvalue weighted by molar-refractivity contribution is 5.93. The summed E-state index contributed by atoms with van der Waals surface area (Å²) in [6, 6.07) is 15.7. The lowest BCUT2D eigenvalue weighted by atomic mass is 9.84. The molecule has 2 aromatic carbocycles. The SMILES string of the molecule is CC1CCC2Cc3cc(C(=O)NO)ccc3CN2C(=O)C1c1ccccc1. The Morgan fingerprint density at radius 2 is 1.89 bits per heavy atom. The highest BCUT2D eigenvalue weighted by atomic mass is 16.5. The van der Waals surface area contributed by atoms with E-state index >= 15 is 0 Å². The zero-order valence-corrected chi connectivity index (χ0v) is 15.4. The number of nitrogens with zero attached hydrogens (tertiary/aromatic N) is 1. The zero-order valence-electron chi connectivity index (χ0n) is 15.4. The number of hydrogen-bond acceptors (Lipinski definition) is 3. The van der Waals surface area contributed by atoms with Gasteiger partial charge in [-0.25, -0.2) is 5.48 Å². The lowest BCUT2D eigenvalue weighted by Gasteiger charge is -2.37. The van der Waals surface area contributed by atoms with E-state index < -0.39 is 5.91 Å². The van der Waals surface area contributed by atoms with Gasteiger partial charge < -0.3 is 4.90 Å². The molecule has 27 heavy (non-hydrogen) atoms. The maximum absolute atomic E-state index is 13.5. The maximum atomic E-state index is 13.5. The van der Waals surface area contributed by atoms with Gasteiger partial charge in [0.25, 0.3) is 5.91 Å². The molecule has 0 spiro atoms. The standard InChI is InChI=1S/C22H24N2O3/c1-14-7-10-19-12-18-11-16(21(25)23-27)8-9-17(18)13-24(19)22(26)20(14)15-5-3-2-4-6-15/h2-6,8-9,11,14,19-20,27H,7,10,12-13H2,1H3,(H,23,25). The first-order valence-electron chi connectivity index (χ1n) is 9.50. The Bertz CT molecular complexity index is 865. The van der Waals surface area contributed by atoms with Crippen LogP contribution < -0.4 is 5.48 Å². The summed E-state index contributed by atoms with van der Waals surface area (Å²) >= 11 is 0. The van der Waals surface area contributed by atoms with Gasteiger partial charge >= 0.3 is 0 Å². The third-order valence-electron chi connectivity index (χ3n) is 6.04. The Balaban J connectivity index is 1.66. The molecule has 0 bridgehead atoms. The Kier molecular flexibility index (Phi) is 4.70. The predicted octanol–water partition coefficient (Wildman–Crippen LogP) is 3.27. The topological polar surface area (TPSA) is 69.6 Å². The maximum Gasteiger partial charge on any atom is 0.274 e. The van der Waals surface area contributed by atoms with E-state index in [-0.39, 0.29) is 17.9 Å². The van der Waals surface area contributed by atoms with Crippen LogP contribution in [-0.2, 0) is 17.8 Å². The number of hydroxylamine groups is 1. The second kappa shape index (κ2) is 7.16. The minimum atomic E-state index is -0.505. The first kappa shape index (κ1) is 17.7. The van der Waals surface area contributed by atoms with E-state index in [9.17, 15) is 9.59 Å². The second-order valence-electron chi connectivity index (χ2n) is 7.69. The van der Waals surface area contributed by atoms with E-state index in [0.717, 1.165) is 36.0 Å². The van der Waals surface area contributed by atoms with Crippen molar-refractivity contribution >= 4 is 11.8 Å². The first-order valence-corrected chi connectivity index (χ1v) is 9.50. The largest absolute Gasteiger partial charge is 0.335 e. The highest BCUT2D eigenvalue weighted by Gasteiger charge is 2.39. The summed E-state index contributed by atoms with van der Waals surface area (Å²) in [6.07, 6.45) is 2.71. The lowest BCUT2D eigenvalue weighted by Crippen LogP contribution is -2.45. The molecule has 0 aliphatic carbocycles. The van der Waals surface area contributed by atoms with E-state index in [0.29, 0.717) is 18.0 Å². The molecule has 2 amide bonds. The van der Waals surface area contributed by atoms with E-state index in [1.165, 1.54) is 0 Å². The summed E-state index contributed by atoms with van der Waals surface area (Å²) < 4.78 is 0. The number of amides is 2. The van der Waals surface area contributed by atoms with Crippen LogP contribution in [0.5, 0.6) is 0 Å². The number of carbonyl (C=O) groups excluding carboxylic acids is 2. The molecule has 0 saturated carbocycles. The van der Waals surface area contributed by atoms with Crippen LogP contribution in [0, 0.1) is 5.92 Å². The summed E-state index contributed by atoms with van der Waals surface area (Å²) in [4.78, 5) is 27.2. The molecule has 2 N–H and O–H groups in total. The smallest absolute Gasteiger partial charge is 0.274 e. The summed E-state index contributed by atoms with van der Waals surface area (Å²) in [5, 5.41) is 8.87. The molecule has 1 fully saturated rings. The number of hydrogen-bond donors (Lipinski definition) is 2. The Morgan fingerprint density at radius 3 is 2.63 bits per heavy atom. The third kappa shape index (κ3) is 3.23. The van der Waals surface area contributed by atoms with Crippen molar-refractivity contribution in [2.24, 2.45) is 5.92 Å². The minimum absolute atomic E-state index is 0.0998. The monoisotopic (exact) mass is 364 g/mol. The normalized spacial score (nSPS) is 24.6.